The van der Waals surface area contributed by atoms with Gasteiger partial charge in [-0.3, -0.25) is 4.98 Å². The summed E-state index contributed by atoms with van der Waals surface area (Å²) in [6, 6.07) is 10.2. The summed E-state index contributed by atoms with van der Waals surface area (Å²) in [5.41, 5.74) is 3.09. The van der Waals surface area contributed by atoms with E-state index in [0.717, 1.165) is 28.8 Å². The highest BCUT2D eigenvalue weighted by Crippen LogP contribution is 2.22. The number of hydrogen-bond acceptors (Lipinski definition) is 5. The Bertz CT molecular complexity index is 736. The highest BCUT2D eigenvalue weighted by atomic mass is 16.5. The molecule has 3 aromatic rings. The Kier molecular flexibility index (Phi) is 3.33. The topological polar surface area (TPSA) is 63.8 Å². The smallest absolute Gasteiger partial charge is 0.228 e. The molecule has 20 heavy (non-hydrogen) atoms. The highest BCUT2D eigenvalue weighted by Gasteiger charge is 2.05. The van der Waals surface area contributed by atoms with Crippen LogP contribution in [0.3, 0.4) is 0 Å². The normalized spacial score (nSPS) is 10.9. The summed E-state index contributed by atoms with van der Waals surface area (Å²) in [5, 5.41) is 8.33. The van der Waals surface area contributed by atoms with Crippen molar-refractivity contribution in [2.45, 2.75) is 20.3 Å². The Balaban J connectivity index is 1.77. The fourth-order valence-corrected chi connectivity index (χ4v) is 2.20. The van der Waals surface area contributed by atoms with Gasteiger partial charge in [0.15, 0.2) is 5.82 Å². The zero-order chi connectivity index (χ0) is 13.9. The standard InChI is InChI=1S/C15H16N4O/c1-10-9-14(12-5-3-4-6-13(12)17-10)16-8-7-15-18-11(2)19-20-15/h3-6,9H,7-8H2,1-2H3,(H,16,17). The zero-order valence-electron chi connectivity index (χ0n) is 11.6. The minimum Gasteiger partial charge on any atom is -0.384 e. The van der Waals surface area contributed by atoms with Crippen LogP contribution in [-0.4, -0.2) is 21.7 Å². The molecule has 0 radical (unpaired) electrons. The lowest BCUT2D eigenvalue weighted by Gasteiger charge is -2.09. The van der Waals surface area contributed by atoms with Gasteiger partial charge in [0.2, 0.25) is 5.89 Å². The average molecular weight is 268 g/mol. The van der Waals surface area contributed by atoms with Gasteiger partial charge in [0.05, 0.1) is 5.52 Å². The van der Waals surface area contributed by atoms with Gasteiger partial charge in [0.25, 0.3) is 0 Å². The maximum atomic E-state index is 5.10. The first-order valence-electron chi connectivity index (χ1n) is 6.62. The van der Waals surface area contributed by atoms with E-state index in [1.54, 1.807) is 0 Å². The SMILES string of the molecule is Cc1cc(NCCc2nc(C)no2)c2ccccc2n1. The molecule has 0 saturated heterocycles. The Morgan fingerprint density at radius 2 is 2.00 bits per heavy atom. The van der Waals surface area contributed by atoms with Gasteiger partial charge < -0.3 is 9.84 Å². The molecule has 2 aromatic heterocycles. The number of rotatable bonds is 4. The predicted molar refractivity (Wildman–Crippen MR) is 77.7 cm³/mol. The molecule has 102 valence electrons. The number of hydrogen-bond donors (Lipinski definition) is 1. The van der Waals surface area contributed by atoms with Crippen molar-refractivity contribution in [2.24, 2.45) is 0 Å². The van der Waals surface area contributed by atoms with Crippen LogP contribution < -0.4 is 5.32 Å². The molecule has 0 spiro atoms. The lowest BCUT2D eigenvalue weighted by atomic mass is 10.1. The minimum absolute atomic E-state index is 0.657. The molecule has 0 unspecified atom stereocenters. The minimum atomic E-state index is 0.657. The summed E-state index contributed by atoms with van der Waals surface area (Å²) in [5.74, 6) is 1.33. The van der Waals surface area contributed by atoms with Crippen LogP contribution >= 0.6 is 0 Å². The second-order valence-corrected chi connectivity index (χ2v) is 4.74. The zero-order valence-corrected chi connectivity index (χ0v) is 11.6. The van der Waals surface area contributed by atoms with E-state index < -0.39 is 0 Å². The van der Waals surface area contributed by atoms with E-state index in [0.29, 0.717) is 18.1 Å². The lowest BCUT2D eigenvalue weighted by Crippen LogP contribution is -2.06. The van der Waals surface area contributed by atoms with Crippen molar-refractivity contribution in [1.82, 2.24) is 15.1 Å². The molecule has 0 fully saturated rings. The number of aryl methyl sites for hydroxylation is 2. The Hall–Kier alpha value is -2.43. The van der Waals surface area contributed by atoms with Crippen LogP contribution in [-0.2, 0) is 6.42 Å². The van der Waals surface area contributed by atoms with Crippen LogP contribution in [0.25, 0.3) is 10.9 Å². The van der Waals surface area contributed by atoms with Crippen LogP contribution in [0.4, 0.5) is 5.69 Å². The van der Waals surface area contributed by atoms with Crippen LogP contribution in [0.15, 0.2) is 34.9 Å². The summed E-state index contributed by atoms with van der Waals surface area (Å²) < 4.78 is 5.10. The summed E-state index contributed by atoms with van der Waals surface area (Å²) in [6.07, 6.45) is 0.705. The molecule has 3 rings (SSSR count). The fraction of sp³-hybridized carbons (Fsp3) is 0.267. The summed E-state index contributed by atoms with van der Waals surface area (Å²) in [4.78, 5) is 8.72. The van der Waals surface area contributed by atoms with Crippen molar-refractivity contribution in [2.75, 3.05) is 11.9 Å². The Morgan fingerprint density at radius 1 is 1.15 bits per heavy atom. The van der Waals surface area contributed by atoms with Crippen molar-refractivity contribution >= 4 is 16.6 Å². The predicted octanol–water partition coefficient (Wildman–Crippen LogP) is 2.89. The van der Waals surface area contributed by atoms with Gasteiger partial charge in [-0.15, -0.1) is 0 Å². The van der Waals surface area contributed by atoms with E-state index in [1.807, 2.05) is 32.0 Å². The van der Waals surface area contributed by atoms with Gasteiger partial charge in [0.1, 0.15) is 0 Å². The molecule has 0 atom stereocenters. The molecule has 1 aromatic carbocycles. The first-order chi connectivity index (χ1) is 9.72. The molecule has 0 aliphatic rings. The third-order valence-corrected chi connectivity index (χ3v) is 3.07. The lowest BCUT2D eigenvalue weighted by molar-refractivity contribution is 0.377. The quantitative estimate of drug-likeness (QED) is 0.788. The Labute approximate surface area is 117 Å². The van der Waals surface area contributed by atoms with Crippen LogP contribution in [0.1, 0.15) is 17.4 Å². The number of nitrogens with one attached hydrogen (secondary N) is 1. The number of para-hydroxylation sites is 1. The second kappa shape index (κ2) is 5.28. The molecule has 5 nitrogen and oxygen atoms in total. The number of pyridine rings is 1. The van der Waals surface area contributed by atoms with Crippen LogP contribution in [0, 0.1) is 13.8 Å². The average Bonchev–Trinajstić information content (AvgIpc) is 2.84. The van der Waals surface area contributed by atoms with Crippen molar-refractivity contribution in [3.05, 3.63) is 47.7 Å². The maximum Gasteiger partial charge on any atom is 0.228 e. The van der Waals surface area contributed by atoms with Gasteiger partial charge in [0, 0.05) is 29.7 Å². The largest absolute Gasteiger partial charge is 0.384 e. The first-order valence-corrected chi connectivity index (χ1v) is 6.62. The number of fused-ring (bicyclic) bond motifs is 1. The number of benzene rings is 1. The number of nitrogens with zero attached hydrogens (tertiary/aromatic N) is 3. The van der Waals surface area contributed by atoms with Crippen LogP contribution in [0.2, 0.25) is 0 Å². The summed E-state index contributed by atoms with van der Waals surface area (Å²) >= 11 is 0. The number of anilines is 1. The Morgan fingerprint density at radius 3 is 2.80 bits per heavy atom. The monoisotopic (exact) mass is 268 g/mol. The van der Waals surface area contributed by atoms with E-state index in [1.165, 1.54) is 0 Å². The molecule has 0 bridgehead atoms. The molecule has 5 heteroatoms. The van der Waals surface area contributed by atoms with Crippen molar-refractivity contribution in [3.8, 4) is 0 Å². The van der Waals surface area contributed by atoms with E-state index in [2.05, 4.69) is 32.6 Å². The first kappa shape index (κ1) is 12.6. The molecule has 0 amide bonds. The van der Waals surface area contributed by atoms with Gasteiger partial charge in [-0.2, -0.15) is 4.98 Å². The van der Waals surface area contributed by atoms with E-state index >= 15 is 0 Å². The van der Waals surface area contributed by atoms with Gasteiger partial charge >= 0.3 is 0 Å². The molecule has 0 aliphatic carbocycles. The van der Waals surface area contributed by atoms with E-state index in [9.17, 15) is 0 Å². The van der Waals surface area contributed by atoms with Crippen molar-refractivity contribution < 1.29 is 4.52 Å². The van der Waals surface area contributed by atoms with Crippen molar-refractivity contribution in [3.63, 3.8) is 0 Å². The molecular weight excluding hydrogens is 252 g/mol. The summed E-state index contributed by atoms with van der Waals surface area (Å²) in [6.45, 7) is 4.56. The summed E-state index contributed by atoms with van der Waals surface area (Å²) in [7, 11) is 0. The van der Waals surface area contributed by atoms with Crippen molar-refractivity contribution in [1.29, 1.82) is 0 Å². The van der Waals surface area contributed by atoms with E-state index in [4.69, 9.17) is 4.52 Å². The van der Waals surface area contributed by atoms with Gasteiger partial charge in [-0.1, -0.05) is 23.4 Å². The second-order valence-electron chi connectivity index (χ2n) is 4.74. The highest BCUT2D eigenvalue weighted by molar-refractivity contribution is 5.91. The molecule has 0 saturated carbocycles. The van der Waals surface area contributed by atoms with Gasteiger partial charge in [-0.25, -0.2) is 0 Å². The molecular formula is C15H16N4O. The molecule has 1 N–H and O–H groups in total. The third kappa shape index (κ3) is 2.61. The molecule has 0 aliphatic heterocycles. The van der Waals surface area contributed by atoms with E-state index in [-0.39, 0.29) is 0 Å². The van der Waals surface area contributed by atoms with Gasteiger partial charge in [-0.05, 0) is 26.0 Å². The number of aromatic nitrogens is 3. The van der Waals surface area contributed by atoms with Crippen LogP contribution in [0.5, 0.6) is 0 Å². The maximum absolute atomic E-state index is 5.10. The fourth-order valence-electron chi connectivity index (χ4n) is 2.20. The third-order valence-electron chi connectivity index (χ3n) is 3.07. The molecule has 2 heterocycles.